The van der Waals surface area contributed by atoms with Gasteiger partial charge in [0.05, 0.1) is 25.7 Å². The Kier molecular flexibility index (Phi) is 12.2. The van der Waals surface area contributed by atoms with E-state index < -0.39 is 6.10 Å². The van der Waals surface area contributed by atoms with Crippen LogP contribution >= 0.6 is 0 Å². The van der Waals surface area contributed by atoms with Gasteiger partial charge in [-0.3, -0.25) is 9.59 Å². The van der Waals surface area contributed by atoms with Crippen LogP contribution in [0.1, 0.15) is 75.6 Å². The van der Waals surface area contributed by atoms with Gasteiger partial charge < -0.3 is 30.4 Å². The number of aromatic nitrogens is 2. The Bertz CT molecular complexity index is 1830. The lowest BCUT2D eigenvalue weighted by Crippen LogP contribution is -2.32. The van der Waals surface area contributed by atoms with Crippen LogP contribution in [-0.4, -0.2) is 46.2 Å². The van der Waals surface area contributed by atoms with E-state index >= 15 is 0 Å². The van der Waals surface area contributed by atoms with Crippen LogP contribution in [-0.2, 0) is 24.2 Å². The number of aryl methyl sites for hydroxylation is 2. The lowest BCUT2D eigenvalue weighted by Gasteiger charge is -2.18. The van der Waals surface area contributed by atoms with E-state index in [9.17, 15) is 14.7 Å². The fourth-order valence-corrected chi connectivity index (χ4v) is 5.88. The first kappa shape index (κ1) is 36.0. The first-order valence-corrected chi connectivity index (χ1v) is 17.0. The monoisotopic (exact) mass is 673 g/mol. The molecule has 0 radical (unpaired) electrons. The summed E-state index contributed by atoms with van der Waals surface area (Å²) in [6.07, 6.45) is 2.14. The maximum Gasteiger partial charge on any atom is 0.251 e. The van der Waals surface area contributed by atoms with Crippen LogP contribution in [0.15, 0.2) is 103 Å². The maximum absolute atomic E-state index is 12.8. The third-order valence-electron chi connectivity index (χ3n) is 8.91. The molecule has 5 rings (SSSR count). The Labute approximate surface area is 294 Å². The molecule has 0 fully saturated rings. The number of pyridine rings is 1. The number of hydrogen-bond acceptors (Lipinski definition) is 6. The fraction of sp³-hybridized carbons (Fsp3) is 0.293. The molecule has 2 heterocycles. The van der Waals surface area contributed by atoms with E-state index in [1.807, 2.05) is 93.6 Å². The van der Waals surface area contributed by atoms with Gasteiger partial charge in [0.2, 0.25) is 5.91 Å². The molecule has 0 aliphatic carbocycles. The fourth-order valence-electron chi connectivity index (χ4n) is 5.88. The molecular weight excluding hydrogens is 626 g/mol. The number of carbonyl (C=O) groups excluding carboxylic acids is 2. The largest absolute Gasteiger partial charge is 0.497 e. The maximum atomic E-state index is 12.8. The number of benzene rings is 3. The number of aliphatic hydroxyl groups excluding tert-OH is 1. The second-order valence-electron chi connectivity index (χ2n) is 12.9. The number of nitrogens with zero attached hydrogens (tertiary/aromatic N) is 2. The number of methoxy groups -OCH3 is 1. The highest BCUT2D eigenvalue weighted by Crippen LogP contribution is 2.19. The van der Waals surface area contributed by atoms with E-state index in [-0.39, 0.29) is 30.3 Å². The molecule has 2 aromatic heterocycles. The summed E-state index contributed by atoms with van der Waals surface area (Å²) in [5, 5.41) is 20.2. The standard InChI is InChI=1S/C41H47N5O4/c1-27(42-26-38(47)36-18-21-39(43-25-36)46-28(2)6-7-29(46)3)22-31-8-10-32(11-9-31)23-40(48)44-24-33-12-14-35(15-13-33)41(49)45-30(4)34-16-19-37(50-5)20-17-34/h6-21,25,27,30,38,42,47H,22-24,26H2,1-5H3,(H,44,48)(H,45,49). The number of ether oxygens (including phenoxy) is 1. The SMILES string of the molecule is COc1ccc(C(C)NC(=O)c2ccc(CNC(=O)Cc3ccc(CC(C)NCC(O)c4ccc(-n5c(C)ccc5C)nc4)cc3)cc2)cc1. The molecule has 5 aromatic rings. The van der Waals surface area contributed by atoms with E-state index in [1.54, 1.807) is 25.4 Å². The Morgan fingerprint density at radius 3 is 2.04 bits per heavy atom. The van der Waals surface area contributed by atoms with Crippen LogP contribution in [0, 0.1) is 13.8 Å². The predicted octanol–water partition coefficient (Wildman–Crippen LogP) is 6.10. The van der Waals surface area contributed by atoms with Crippen molar-refractivity contribution in [1.82, 2.24) is 25.5 Å². The van der Waals surface area contributed by atoms with Crippen molar-refractivity contribution < 1.29 is 19.4 Å². The average Bonchev–Trinajstić information content (AvgIpc) is 3.47. The van der Waals surface area contributed by atoms with Crippen LogP contribution < -0.4 is 20.7 Å². The number of nitrogens with one attached hydrogen (secondary N) is 3. The third kappa shape index (κ3) is 9.68. The predicted molar refractivity (Wildman–Crippen MR) is 196 cm³/mol. The molecule has 2 amide bonds. The van der Waals surface area contributed by atoms with E-state index in [2.05, 4.69) is 44.6 Å². The van der Waals surface area contributed by atoms with Gasteiger partial charge in [0.25, 0.3) is 5.91 Å². The minimum absolute atomic E-state index is 0.0712. The van der Waals surface area contributed by atoms with Crippen LogP contribution in [0.25, 0.3) is 5.82 Å². The zero-order chi connectivity index (χ0) is 35.6. The van der Waals surface area contributed by atoms with E-state index in [0.29, 0.717) is 18.7 Å². The summed E-state index contributed by atoms with van der Waals surface area (Å²) in [5.41, 5.74) is 7.55. The zero-order valence-corrected chi connectivity index (χ0v) is 29.4. The number of aliphatic hydroxyl groups is 1. The summed E-state index contributed by atoms with van der Waals surface area (Å²) >= 11 is 0. The normalized spacial score (nSPS) is 12.9. The molecule has 3 atom stereocenters. The van der Waals surface area contributed by atoms with Crippen molar-refractivity contribution in [3.8, 4) is 11.6 Å². The molecule has 260 valence electrons. The first-order chi connectivity index (χ1) is 24.1. The van der Waals surface area contributed by atoms with Gasteiger partial charge in [-0.2, -0.15) is 0 Å². The summed E-state index contributed by atoms with van der Waals surface area (Å²) in [5.74, 6) is 1.38. The molecule has 4 N–H and O–H groups in total. The van der Waals surface area contributed by atoms with E-state index in [0.717, 1.165) is 57.2 Å². The number of hydrogen-bond donors (Lipinski definition) is 4. The van der Waals surface area contributed by atoms with Crippen molar-refractivity contribution in [3.63, 3.8) is 0 Å². The highest BCUT2D eigenvalue weighted by atomic mass is 16.5. The van der Waals surface area contributed by atoms with Crippen molar-refractivity contribution >= 4 is 11.8 Å². The smallest absolute Gasteiger partial charge is 0.251 e. The summed E-state index contributed by atoms with van der Waals surface area (Å²) < 4.78 is 7.29. The summed E-state index contributed by atoms with van der Waals surface area (Å²) in [6.45, 7) is 8.93. The summed E-state index contributed by atoms with van der Waals surface area (Å²) in [4.78, 5) is 30.0. The van der Waals surface area contributed by atoms with Crippen molar-refractivity contribution in [2.24, 2.45) is 0 Å². The molecule has 50 heavy (non-hydrogen) atoms. The van der Waals surface area contributed by atoms with E-state index in [1.165, 1.54) is 0 Å². The molecule has 0 aliphatic rings. The van der Waals surface area contributed by atoms with Gasteiger partial charge in [0, 0.05) is 47.8 Å². The van der Waals surface area contributed by atoms with Gasteiger partial charge in [-0.1, -0.05) is 54.6 Å². The van der Waals surface area contributed by atoms with Gasteiger partial charge in [0.1, 0.15) is 11.6 Å². The van der Waals surface area contributed by atoms with Gasteiger partial charge in [-0.05, 0) is 98.8 Å². The lowest BCUT2D eigenvalue weighted by molar-refractivity contribution is -0.120. The molecule has 3 aromatic carbocycles. The lowest BCUT2D eigenvalue weighted by atomic mass is 10.0. The van der Waals surface area contributed by atoms with Crippen LogP contribution in [0.5, 0.6) is 5.75 Å². The highest BCUT2D eigenvalue weighted by molar-refractivity contribution is 5.94. The van der Waals surface area contributed by atoms with Gasteiger partial charge in [-0.15, -0.1) is 0 Å². The van der Waals surface area contributed by atoms with Crippen molar-refractivity contribution in [1.29, 1.82) is 0 Å². The van der Waals surface area contributed by atoms with Crippen molar-refractivity contribution in [2.45, 2.75) is 65.3 Å². The number of carbonyl (C=O) groups is 2. The van der Waals surface area contributed by atoms with Crippen LogP contribution in [0.3, 0.4) is 0 Å². The second kappa shape index (κ2) is 16.9. The minimum atomic E-state index is -0.663. The molecule has 0 spiro atoms. The van der Waals surface area contributed by atoms with Gasteiger partial charge in [-0.25, -0.2) is 4.98 Å². The minimum Gasteiger partial charge on any atom is -0.497 e. The van der Waals surface area contributed by atoms with Crippen molar-refractivity contribution in [2.75, 3.05) is 13.7 Å². The van der Waals surface area contributed by atoms with Gasteiger partial charge in [0.15, 0.2) is 0 Å². The molecule has 0 bridgehead atoms. The Morgan fingerprint density at radius 1 is 0.800 bits per heavy atom. The molecule has 9 heteroatoms. The van der Waals surface area contributed by atoms with Crippen LogP contribution in [0.2, 0.25) is 0 Å². The zero-order valence-electron chi connectivity index (χ0n) is 29.4. The quantitative estimate of drug-likeness (QED) is 0.107. The average molecular weight is 674 g/mol. The molecule has 0 aliphatic heterocycles. The number of amides is 2. The van der Waals surface area contributed by atoms with Crippen LogP contribution in [0.4, 0.5) is 0 Å². The highest BCUT2D eigenvalue weighted by Gasteiger charge is 2.14. The first-order valence-electron chi connectivity index (χ1n) is 17.0. The Hall–Kier alpha value is -5.25. The Morgan fingerprint density at radius 2 is 1.42 bits per heavy atom. The molecule has 3 unspecified atom stereocenters. The molecule has 9 nitrogen and oxygen atoms in total. The topological polar surface area (TPSA) is 118 Å². The van der Waals surface area contributed by atoms with E-state index in [4.69, 9.17) is 4.74 Å². The second-order valence-corrected chi connectivity index (χ2v) is 12.9. The summed E-state index contributed by atoms with van der Waals surface area (Å²) in [6, 6.07) is 30.9. The van der Waals surface area contributed by atoms with Gasteiger partial charge >= 0.3 is 0 Å². The molecule has 0 saturated heterocycles. The molecule has 0 saturated carbocycles. The summed E-state index contributed by atoms with van der Waals surface area (Å²) in [7, 11) is 1.62. The Balaban J connectivity index is 1.01. The molecular formula is C41H47N5O4. The number of rotatable bonds is 15. The third-order valence-corrected chi connectivity index (χ3v) is 8.91. The van der Waals surface area contributed by atoms with Crippen molar-refractivity contribution in [3.05, 3.63) is 148 Å².